The van der Waals surface area contributed by atoms with Crippen molar-refractivity contribution in [3.8, 4) is 16.9 Å². The second kappa shape index (κ2) is 6.29. The van der Waals surface area contributed by atoms with Gasteiger partial charge in [-0.3, -0.25) is 4.94 Å². The van der Waals surface area contributed by atoms with Crippen LogP contribution in [0.1, 0.15) is 33.4 Å². The summed E-state index contributed by atoms with van der Waals surface area (Å²) in [6.45, 7) is 4.43. The predicted molar refractivity (Wildman–Crippen MR) is 85.2 cm³/mol. The fourth-order valence-electron chi connectivity index (χ4n) is 3.07. The maximum absolute atomic E-state index is 12.2. The molecule has 1 unspecified atom stereocenters. The Morgan fingerprint density at radius 1 is 1.39 bits per heavy atom. The van der Waals surface area contributed by atoms with Crippen molar-refractivity contribution in [2.45, 2.75) is 32.8 Å². The number of carbonyl (C=O) groups is 1. The van der Waals surface area contributed by atoms with Gasteiger partial charge in [0.05, 0.1) is 6.61 Å². The molecule has 1 aromatic heterocycles. The number of rotatable bonds is 3. The molecule has 2 aromatic rings. The molecule has 1 atom stereocenters. The first-order chi connectivity index (χ1) is 11.0. The third kappa shape index (κ3) is 2.84. The molecule has 2 heterocycles. The van der Waals surface area contributed by atoms with Gasteiger partial charge in [-0.2, -0.15) is 0 Å². The highest BCUT2D eigenvalue weighted by Crippen LogP contribution is 2.41. The highest BCUT2D eigenvalue weighted by atomic mass is 32.1. The third-order valence-corrected chi connectivity index (χ3v) is 5.11. The van der Waals surface area contributed by atoms with Crippen molar-refractivity contribution < 1.29 is 24.1 Å². The summed E-state index contributed by atoms with van der Waals surface area (Å²) < 4.78 is 17.8. The summed E-state index contributed by atoms with van der Waals surface area (Å²) in [6.07, 6.45) is 0.254. The number of aliphatic hydroxyl groups excluding tert-OH is 1. The monoisotopic (exact) mass is 336 g/mol. The number of halogens is 1. The Kier molecular flexibility index (Phi) is 4.37. The molecular weight excluding hydrogens is 319 g/mol. The molecule has 0 radical (unpaired) electrons. The Hall–Kier alpha value is -1.92. The molecule has 0 aliphatic carbocycles. The second-order valence-corrected chi connectivity index (χ2v) is 7.01. The lowest BCUT2D eigenvalue weighted by molar-refractivity contribution is -0.194. The molecule has 0 amide bonds. The molecule has 4 nitrogen and oxygen atoms in total. The van der Waals surface area contributed by atoms with Crippen LogP contribution in [0.2, 0.25) is 0 Å². The summed E-state index contributed by atoms with van der Waals surface area (Å²) in [7, 11) is 0. The molecule has 0 spiro atoms. The van der Waals surface area contributed by atoms with Crippen molar-refractivity contribution in [2.75, 3.05) is 6.61 Å². The number of fused-ring (bicyclic) bond motifs is 1. The minimum absolute atomic E-state index is 0.409. The maximum atomic E-state index is 12.2. The zero-order valence-corrected chi connectivity index (χ0v) is 13.7. The zero-order chi connectivity index (χ0) is 16.6. The van der Waals surface area contributed by atoms with Gasteiger partial charge >= 0.3 is 5.97 Å². The lowest BCUT2D eigenvalue weighted by Gasteiger charge is -2.19. The number of hydrogen-bond acceptors (Lipinski definition) is 5. The van der Waals surface area contributed by atoms with Gasteiger partial charge in [0, 0.05) is 25.4 Å². The van der Waals surface area contributed by atoms with Crippen molar-refractivity contribution in [1.29, 1.82) is 0 Å². The molecule has 0 saturated carbocycles. The number of benzene rings is 1. The first kappa shape index (κ1) is 16.0. The van der Waals surface area contributed by atoms with Crippen LogP contribution in [0.25, 0.3) is 11.1 Å². The van der Waals surface area contributed by atoms with E-state index in [1.165, 1.54) is 11.3 Å². The van der Waals surface area contributed by atoms with Crippen molar-refractivity contribution in [1.82, 2.24) is 0 Å². The van der Waals surface area contributed by atoms with Crippen LogP contribution in [0, 0.1) is 13.8 Å². The Labute approximate surface area is 137 Å². The summed E-state index contributed by atoms with van der Waals surface area (Å²) in [5.74, 6) is -0.427. The van der Waals surface area contributed by atoms with Gasteiger partial charge in [0.25, 0.3) is 0 Å². The van der Waals surface area contributed by atoms with Gasteiger partial charge in [-0.25, -0.2) is 4.79 Å². The van der Waals surface area contributed by atoms with E-state index in [1.54, 1.807) is 6.92 Å². The van der Waals surface area contributed by atoms with E-state index in [4.69, 9.17) is 4.74 Å². The van der Waals surface area contributed by atoms with Crippen LogP contribution < -0.4 is 4.74 Å². The lowest BCUT2D eigenvalue weighted by atomic mass is 9.94. The first-order valence-electron chi connectivity index (χ1n) is 7.39. The first-order valence-corrected chi connectivity index (χ1v) is 8.21. The molecule has 1 aromatic carbocycles. The summed E-state index contributed by atoms with van der Waals surface area (Å²) in [5, 5.41) is 10.1. The Bertz CT molecular complexity index is 753. The number of ether oxygens (including phenoxy) is 1. The van der Waals surface area contributed by atoms with Gasteiger partial charge in [-0.15, -0.1) is 11.3 Å². The van der Waals surface area contributed by atoms with Crippen molar-refractivity contribution in [3.63, 3.8) is 0 Å². The van der Waals surface area contributed by atoms with Crippen LogP contribution in [0.3, 0.4) is 0 Å². The van der Waals surface area contributed by atoms with E-state index >= 15 is 0 Å². The average Bonchev–Trinajstić information content (AvgIpc) is 2.87. The summed E-state index contributed by atoms with van der Waals surface area (Å²) in [6, 6.07) is 5.82. The highest BCUT2D eigenvalue weighted by Gasteiger charge is 2.28. The van der Waals surface area contributed by atoms with Gasteiger partial charge in [-0.05, 0) is 49.9 Å². The van der Waals surface area contributed by atoms with Crippen LogP contribution in [-0.2, 0) is 16.2 Å². The molecule has 23 heavy (non-hydrogen) atoms. The maximum Gasteiger partial charge on any atom is 0.381 e. The van der Waals surface area contributed by atoms with Crippen molar-refractivity contribution in [3.05, 3.63) is 39.1 Å². The van der Waals surface area contributed by atoms with E-state index in [1.807, 2.05) is 25.1 Å². The smallest absolute Gasteiger partial charge is 0.381 e. The topological polar surface area (TPSA) is 55.8 Å². The quantitative estimate of drug-likeness (QED) is 0.926. The molecule has 122 valence electrons. The summed E-state index contributed by atoms with van der Waals surface area (Å²) >= 11 is 1.46. The Balaban J connectivity index is 2.11. The number of aliphatic hydroxyl groups is 1. The largest absolute Gasteiger partial charge is 0.493 e. The molecule has 0 fully saturated rings. The van der Waals surface area contributed by atoms with Crippen LogP contribution >= 0.6 is 11.3 Å². The number of hydrogen-bond donors (Lipinski definition) is 1. The molecule has 0 bridgehead atoms. The van der Waals surface area contributed by atoms with Gasteiger partial charge in [0.2, 0.25) is 0 Å². The standard InChI is InChI=1S/C17H17FO4S/c1-9-14(15(10(2)23-9)16(19)17(20)22-18)12-5-6-13-11(8-12)4-3-7-21-13/h5-6,8,16,19H,3-4,7H2,1-2H3. The van der Waals surface area contributed by atoms with Crippen LogP contribution in [-0.4, -0.2) is 17.7 Å². The molecule has 1 N–H and O–H groups in total. The van der Waals surface area contributed by atoms with E-state index in [0.717, 1.165) is 51.6 Å². The molecule has 6 heteroatoms. The zero-order valence-electron chi connectivity index (χ0n) is 12.9. The predicted octanol–water partition coefficient (Wildman–Crippen LogP) is 3.82. The number of thiophene rings is 1. The third-order valence-electron chi connectivity index (χ3n) is 4.08. The van der Waals surface area contributed by atoms with E-state index in [9.17, 15) is 14.4 Å². The van der Waals surface area contributed by atoms with Gasteiger partial charge in [0.15, 0.2) is 6.10 Å². The van der Waals surface area contributed by atoms with Gasteiger partial charge in [-0.1, -0.05) is 6.07 Å². The summed E-state index contributed by atoms with van der Waals surface area (Å²) in [4.78, 5) is 16.4. The molecular formula is C17H17FO4S. The van der Waals surface area contributed by atoms with Gasteiger partial charge < -0.3 is 9.84 Å². The second-order valence-electron chi connectivity index (χ2n) is 5.58. The SMILES string of the molecule is Cc1sc(C)c(C(O)C(=O)OF)c1-c1ccc2c(c1)CCCO2. The molecule has 1 aliphatic heterocycles. The van der Waals surface area contributed by atoms with Crippen LogP contribution in [0.4, 0.5) is 4.53 Å². The van der Waals surface area contributed by atoms with Crippen molar-refractivity contribution in [2.24, 2.45) is 0 Å². The summed E-state index contributed by atoms with van der Waals surface area (Å²) in [5.41, 5.74) is 3.16. The van der Waals surface area contributed by atoms with Crippen molar-refractivity contribution >= 4 is 17.3 Å². The molecule has 1 aliphatic rings. The lowest BCUT2D eigenvalue weighted by Crippen LogP contribution is -2.13. The van der Waals surface area contributed by atoms with E-state index in [-0.39, 0.29) is 0 Å². The van der Waals surface area contributed by atoms with E-state index in [0.29, 0.717) is 5.56 Å². The average molecular weight is 336 g/mol. The molecule has 0 saturated heterocycles. The number of aryl methyl sites for hydroxylation is 3. The fourth-order valence-corrected chi connectivity index (χ4v) is 4.18. The Morgan fingerprint density at radius 2 is 2.17 bits per heavy atom. The molecule has 3 rings (SSSR count). The van der Waals surface area contributed by atoms with Crippen LogP contribution in [0.15, 0.2) is 18.2 Å². The van der Waals surface area contributed by atoms with E-state index < -0.39 is 12.1 Å². The Morgan fingerprint density at radius 3 is 2.91 bits per heavy atom. The van der Waals surface area contributed by atoms with Crippen LogP contribution in [0.5, 0.6) is 5.75 Å². The highest BCUT2D eigenvalue weighted by molar-refractivity contribution is 7.12. The minimum atomic E-state index is -1.63. The normalized spacial score (nSPS) is 14.8. The fraction of sp³-hybridized carbons (Fsp3) is 0.353. The van der Waals surface area contributed by atoms with Gasteiger partial charge in [0.1, 0.15) is 5.75 Å². The van der Waals surface area contributed by atoms with E-state index in [2.05, 4.69) is 4.94 Å². The minimum Gasteiger partial charge on any atom is -0.493 e. The number of carbonyl (C=O) groups excluding carboxylic acids is 1.